The van der Waals surface area contributed by atoms with Crippen LogP contribution in [0, 0.1) is 0 Å². The monoisotopic (exact) mass is 156 g/mol. The summed E-state index contributed by atoms with van der Waals surface area (Å²) in [6, 6.07) is -0.972. The Balaban J connectivity index is 3.16. The molecule has 0 unspecified atom stereocenters. The summed E-state index contributed by atoms with van der Waals surface area (Å²) in [5, 5.41) is 14.7. The third kappa shape index (κ3) is 1.16. The van der Waals surface area contributed by atoms with Gasteiger partial charge in [-0.05, 0) is 0 Å². The molecule has 0 aliphatic heterocycles. The van der Waals surface area contributed by atoms with Crippen LogP contribution >= 0.6 is 0 Å². The minimum absolute atomic E-state index is 0.350. The first kappa shape index (κ1) is 7.19. The molecule has 0 aliphatic carbocycles. The minimum atomic E-state index is -1.30. The molecule has 0 aliphatic rings. The summed E-state index contributed by atoms with van der Waals surface area (Å²) in [5.74, 6) is -1.30. The molecule has 1 heterocycles. The normalized spacial score (nSPS) is 9.45. The van der Waals surface area contributed by atoms with Gasteiger partial charge < -0.3 is 10.8 Å². The summed E-state index contributed by atoms with van der Waals surface area (Å²) in [4.78, 5) is 20.7. The van der Waals surface area contributed by atoms with Gasteiger partial charge in [0.05, 0.1) is 6.20 Å². The number of rotatable bonds is 1. The third-order valence-corrected chi connectivity index (χ3v) is 0.977. The van der Waals surface area contributed by atoms with Gasteiger partial charge in [-0.3, -0.25) is 0 Å². The highest BCUT2D eigenvalue weighted by Crippen LogP contribution is 1.93. The molecule has 0 radical (unpaired) electrons. The molecule has 7 nitrogen and oxygen atoms in total. The molecule has 7 heteroatoms. The van der Waals surface area contributed by atoms with Crippen molar-refractivity contribution in [3.63, 3.8) is 0 Å². The van der Waals surface area contributed by atoms with Crippen molar-refractivity contribution in [2.75, 3.05) is 0 Å². The Morgan fingerprint density at radius 1 is 1.64 bits per heavy atom. The first-order chi connectivity index (χ1) is 5.13. The molecule has 11 heavy (non-hydrogen) atoms. The Kier molecular flexibility index (Phi) is 1.55. The van der Waals surface area contributed by atoms with Crippen molar-refractivity contribution in [1.29, 1.82) is 0 Å². The number of primary amides is 1. The van der Waals surface area contributed by atoms with E-state index in [2.05, 4.69) is 10.3 Å². The average Bonchev–Trinajstić information content (AvgIpc) is 2.32. The van der Waals surface area contributed by atoms with Gasteiger partial charge in [-0.1, -0.05) is 5.21 Å². The molecule has 0 spiro atoms. The maximum Gasteiger partial charge on any atom is 0.356 e. The molecule has 1 aromatic rings. The summed E-state index contributed by atoms with van der Waals surface area (Å²) < 4.78 is 0.502. The second-order valence-corrected chi connectivity index (χ2v) is 1.67. The lowest BCUT2D eigenvalue weighted by molar-refractivity contribution is 0.0685. The molecule has 3 N–H and O–H groups in total. The first-order valence-corrected chi connectivity index (χ1v) is 2.56. The lowest BCUT2D eigenvalue weighted by atomic mass is 10.5. The van der Waals surface area contributed by atoms with E-state index in [1.54, 1.807) is 0 Å². The van der Waals surface area contributed by atoms with Crippen molar-refractivity contribution in [2.45, 2.75) is 0 Å². The van der Waals surface area contributed by atoms with Crippen LogP contribution in [0.15, 0.2) is 6.20 Å². The number of carbonyl (C=O) groups is 2. The van der Waals surface area contributed by atoms with Crippen LogP contribution in [0.3, 0.4) is 0 Å². The van der Waals surface area contributed by atoms with Gasteiger partial charge >= 0.3 is 12.0 Å². The summed E-state index contributed by atoms with van der Waals surface area (Å²) in [7, 11) is 0. The highest BCUT2D eigenvalue weighted by Gasteiger charge is 2.14. The number of carbonyl (C=O) groups excluding carboxylic acids is 1. The molecule has 58 valence electrons. The van der Waals surface area contributed by atoms with E-state index in [4.69, 9.17) is 10.8 Å². The van der Waals surface area contributed by atoms with Crippen LogP contribution in [0.2, 0.25) is 0 Å². The van der Waals surface area contributed by atoms with E-state index in [9.17, 15) is 9.59 Å². The van der Waals surface area contributed by atoms with E-state index in [1.165, 1.54) is 0 Å². The maximum absolute atomic E-state index is 10.4. The summed E-state index contributed by atoms with van der Waals surface area (Å²) in [6.07, 6.45) is 0.938. The van der Waals surface area contributed by atoms with Crippen molar-refractivity contribution in [1.82, 2.24) is 15.0 Å². The van der Waals surface area contributed by atoms with Crippen LogP contribution in [0.5, 0.6) is 0 Å². The van der Waals surface area contributed by atoms with Gasteiger partial charge in [-0.2, -0.15) is 4.68 Å². The number of aromatic nitrogens is 3. The van der Waals surface area contributed by atoms with Crippen molar-refractivity contribution < 1.29 is 14.7 Å². The molecule has 0 saturated heterocycles. The van der Waals surface area contributed by atoms with E-state index < -0.39 is 12.0 Å². The number of carboxylic acids is 1. The zero-order valence-corrected chi connectivity index (χ0v) is 5.26. The van der Waals surface area contributed by atoms with Gasteiger partial charge in [-0.25, -0.2) is 9.59 Å². The van der Waals surface area contributed by atoms with Crippen LogP contribution < -0.4 is 5.73 Å². The second kappa shape index (κ2) is 2.37. The van der Waals surface area contributed by atoms with E-state index >= 15 is 0 Å². The summed E-state index contributed by atoms with van der Waals surface area (Å²) in [6.45, 7) is 0. The lowest BCUT2D eigenvalue weighted by Gasteiger charge is -1.93. The fraction of sp³-hybridized carbons (Fsp3) is 0. The smallest absolute Gasteiger partial charge is 0.356 e. The molecular weight excluding hydrogens is 152 g/mol. The molecule has 1 rings (SSSR count). The minimum Gasteiger partial charge on any atom is -0.476 e. The Bertz CT molecular complexity index is 276. The van der Waals surface area contributed by atoms with Crippen molar-refractivity contribution in [2.24, 2.45) is 5.73 Å². The predicted octanol–water partition coefficient (Wildman–Crippen LogP) is -1.10. The number of hydrogen-bond acceptors (Lipinski definition) is 4. The average molecular weight is 156 g/mol. The summed E-state index contributed by atoms with van der Waals surface area (Å²) >= 11 is 0. The molecular formula is C4H4N4O3. The number of carboxylic acid groups (broad SMARTS) is 1. The molecule has 0 bridgehead atoms. The SMILES string of the molecule is NC(=O)n1nncc1C(=O)O. The van der Waals surface area contributed by atoms with Crippen LogP contribution in [0.25, 0.3) is 0 Å². The lowest BCUT2D eigenvalue weighted by Crippen LogP contribution is -2.24. The maximum atomic E-state index is 10.4. The number of amides is 1. The Morgan fingerprint density at radius 3 is 2.64 bits per heavy atom. The molecule has 1 aromatic heterocycles. The molecule has 0 saturated carbocycles. The van der Waals surface area contributed by atoms with Gasteiger partial charge in [0, 0.05) is 0 Å². The number of aromatic carboxylic acids is 1. The van der Waals surface area contributed by atoms with Crippen LogP contribution in [0.4, 0.5) is 4.79 Å². The highest BCUT2D eigenvalue weighted by atomic mass is 16.4. The highest BCUT2D eigenvalue weighted by molar-refractivity contribution is 5.90. The van der Waals surface area contributed by atoms with E-state index in [0.29, 0.717) is 4.68 Å². The fourth-order valence-electron chi connectivity index (χ4n) is 0.544. The van der Waals surface area contributed by atoms with Gasteiger partial charge in [0.15, 0.2) is 5.69 Å². The zero-order valence-electron chi connectivity index (χ0n) is 5.26. The molecule has 0 fully saturated rings. The number of nitrogens with zero attached hydrogens (tertiary/aromatic N) is 3. The topological polar surface area (TPSA) is 111 Å². The van der Waals surface area contributed by atoms with Crippen molar-refractivity contribution >= 4 is 12.0 Å². The van der Waals surface area contributed by atoms with Crippen molar-refractivity contribution in [3.8, 4) is 0 Å². The van der Waals surface area contributed by atoms with E-state index in [0.717, 1.165) is 6.20 Å². The Labute approximate surface area is 60.4 Å². The third-order valence-electron chi connectivity index (χ3n) is 0.977. The van der Waals surface area contributed by atoms with E-state index in [1.807, 2.05) is 0 Å². The Morgan fingerprint density at radius 2 is 2.27 bits per heavy atom. The Hall–Kier alpha value is -1.92. The van der Waals surface area contributed by atoms with Crippen molar-refractivity contribution in [3.05, 3.63) is 11.9 Å². The van der Waals surface area contributed by atoms with Crippen LogP contribution in [-0.4, -0.2) is 32.1 Å². The standard InChI is InChI=1S/C4H4N4O3/c5-4(11)8-2(3(9)10)1-6-7-8/h1H,(H2,5,11)(H,9,10). The van der Waals surface area contributed by atoms with Gasteiger partial charge in [0.2, 0.25) is 0 Å². The van der Waals surface area contributed by atoms with Crippen LogP contribution in [0.1, 0.15) is 10.5 Å². The quantitative estimate of drug-likeness (QED) is 0.536. The second-order valence-electron chi connectivity index (χ2n) is 1.67. The number of nitrogens with two attached hydrogens (primary N) is 1. The van der Waals surface area contributed by atoms with Crippen LogP contribution in [-0.2, 0) is 0 Å². The molecule has 0 aromatic carbocycles. The van der Waals surface area contributed by atoms with E-state index in [-0.39, 0.29) is 5.69 Å². The summed E-state index contributed by atoms with van der Waals surface area (Å²) in [5.41, 5.74) is 4.41. The first-order valence-electron chi connectivity index (χ1n) is 2.56. The van der Waals surface area contributed by atoms with Gasteiger partial charge in [-0.15, -0.1) is 5.10 Å². The number of hydrogen-bond donors (Lipinski definition) is 2. The zero-order chi connectivity index (χ0) is 8.43. The molecule has 1 amide bonds. The molecule has 0 atom stereocenters. The largest absolute Gasteiger partial charge is 0.476 e. The van der Waals surface area contributed by atoms with Gasteiger partial charge in [0.25, 0.3) is 0 Å². The van der Waals surface area contributed by atoms with Gasteiger partial charge in [0.1, 0.15) is 0 Å². The predicted molar refractivity (Wildman–Crippen MR) is 32.0 cm³/mol. The fourth-order valence-corrected chi connectivity index (χ4v) is 0.544.